The van der Waals surface area contributed by atoms with Crippen LogP contribution in [0.3, 0.4) is 0 Å². The van der Waals surface area contributed by atoms with Crippen LogP contribution in [-0.4, -0.2) is 48.2 Å². The second-order valence-corrected chi connectivity index (χ2v) is 9.18. The van der Waals surface area contributed by atoms with Gasteiger partial charge in [-0.25, -0.2) is 18.4 Å². The van der Waals surface area contributed by atoms with Gasteiger partial charge in [0.15, 0.2) is 0 Å². The number of amides is 2. The number of ether oxygens (including phenoxy) is 1. The number of benzene rings is 2. The van der Waals surface area contributed by atoms with Crippen molar-refractivity contribution < 1.29 is 33.0 Å². The second-order valence-electron chi connectivity index (χ2n) is 9.18. The topological polar surface area (TPSA) is 105 Å². The molecule has 2 amide bonds. The van der Waals surface area contributed by atoms with Crippen LogP contribution in [-0.2, 0) is 14.3 Å². The summed E-state index contributed by atoms with van der Waals surface area (Å²) in [6.07, 6.45) is -0.387. The summed E-state index contributed by atoms with van der Waals surface area (Å²) in [4.78, 5) is 36.0. The minimum Gasteiger partial charge on any atom is -0.480 e. The van der Waals surface area contributed by atoms with E-state index in [1.807, 2.05) is 48.5 Å². The number of hydrogen-bond donors (Lipinski definition) is 3. The third kappa shape index (κ3) is 4.72. The van der Waals surface area contributed by atoms with Gasteiger partial charge in [0.05, 0.1) is 5.92 Å². The van der Waals surface area contributed by atoms with Crippen molar-refractivity contribution in [1.29, 1.82) is 0 Å². The lowest BCUT2D eigenvalue weighted by molar-refractivity contribution is -0.144. The number of carbonyl (C=O) groups excluding carboxylic acids is 2. The molecule has 2 aromatic carbocycles. The fraction of sp³-hybridized carbons (Fsp3) is 0.423. The molecular weight excluding hydrogens is 458 g/mol. The summed E-state index contributed by atoms with van der Waals surface area (Å²) in [5.41, 5.74) is 4.20. The summed E-state index contributed by atoms with van der Waals surface area (Å²) in [6, 6.07) is 14.4. The molecule has 4 rings (SSSR count). The van der Waals surface area contributed by atoms with E-state index in [4.69, 9.17) is 4.74 Å². The van der Waals surface area contributed by atoms with Crippen LogP contribution < -0.4 is 10.6 Å². The normalized spacial score (nSPS) is 21.3. The number of alkyl carbamates (subject to hydrolysis) is 1. The van der Waals surface area contributed by atoms with Crippen molar-refractivity contribution in [2.24, 2.45) is 17.8 Å². The molecule has 4 atom stereocenters. The smallest absolute Gasteiger partial charge is 0.407 e. The molecule has 0 aliphatic heterocycles. The molecule has 35 heavy (non-hydrogen) atoms. The molecule has 0 saturated heterocycles. The zero-order valence-electron chi connectivity index (χ0n) is 19.5. The Kier molecular flexibility index (Phi) is 6.78. The number of carboxylic acids is 1. The Morgan fingerprint density at radius 2 is 1.63 bits per heavy atom. The number of halogens is 2. The van der Waals surface area contributed by atoms with E-state index in [0.717, 1.165) is 22.3 Å². The van der Waals surface area contributed by atoms with Crippen molar-refractivity contribution in [2.75, 3.05) is 13.2 Å². The first-order valence-electron chi connectivity index (χ1n) is 11.7. The summed E-state index contributed by atoms with van der Waals surface area (Å²) >= 11 is 0. The zero-order chi connectivity index (χ0) is 25.3. The number of nitrogens with one attached hydrogen (secondary N) is 2. The van der Waals surface area contributed by atoms with Gasteiger partial charge in [0.2, 0.25) is 5.91 Å². The number of carbonyl (C=O) groups is 3. The van der Waals surface area contributed by atoms with Crippen molar-refractivity contribution in [3.63, 3.8) is 0 Å². The SMILES string of the molecule is CC[C@H](C)[C@H](NC(=O)[C@@H]1[C@H](CNC(=O)OCC2c3ccccc3-c3ccccc32)C1(F)F)C(=O)O. The molecule has 0 bridgehead atoms. The van der Waals surface area contributed by atoms with Crippen molar-refractivity contribution >= 4 is 18.0 Å². The minimum atomic E-state index is -3.33. The number of alkyl halides is 2. The largest absolute Gasteiger partial charge is 0.480 e. The molecule has 1 fully saturated rings. The molecule has 186 valence electrons. The molecule has 2 aliphatic rings. The van der Waals surface area contributed by atoms with Gasteiger partial charge in [-0.3, -0.25) is 4.79 Å². The molecule has 0 spiro atoms. The zero-order valence-corrected chi connectivity index (χ0v) is 19.5. The third-order valence-corrected chi connectivity index (χ3v) is 7.07. The highest BCUT2D eigenvalue weighted by atomic mass is 19.3. The summed E-state index contributed by atoms with van der Waals surface area (Å²) in [7, 11) is 0. The van der Waals surface area contributed by atoms with Crippen LogP contribution >= 0.6 is 0 Å². The van der Waals surface area contributed by atoms with Crippen LogP contribution in [0, 0.1) is 17.8 Å². The van der Waals surface area contributed by atoms with E-state index in [2.05, 4.69) is 10.6 Å². The summed E-state index contributed by atoms with van der Waals surface area (Å²) < 4.78 is 33.9. The highest BCUT2D eigenvalue weighted by Gasteiger charge is 2.71. The van der Waals surface area contributed by atoms with E-state index in [1.54, 1.807) is 13.8 Å². The Bertz CT molecular complexity index is 1090. The maximum Gasteiger partial charge on any atom is 0.407 e. The van der Waals surface area contributed by atoms with E-state index in [9.17, 15) is 28.3 Å². The molecule has 0 radical (unpaired) electrons. The predicted molar refractivity (Wildman–Crippen MR) is 124 cm³/mol. The van der Waals surface area contributed by atoms with Crippen molar-refractivity contribution in [3.05, 3.63) is 59.7 Å². The number of fused-ring (bicyclic) bond motifs is 3. The van der Waals surface area contributed by atoms with E-state index < -0.39 is 54.2 Å². The lowest BCUT2D eigenvalue weighted by Gasteiger charge is -2.20. The van der Waals surface area contributed by atoms with Gasteiger partial charge in [0, 0.05) is 12.5 Å². The fourth-order valence-corrected chi connectivity index (χ4v) is 4.77. The number of rotatable bonds is 9. The van der Waals surface area contributed by atoms with Gasteiger partial charge in [-0.1, -0.05) is 68.8 Å². The van der Waals surface area contributed by atoms with Gasteiger partial charge in [-0.05, 0) is 28.2 Å². The van der Waals surface area contributed by atoms with E-state index in [1.165, 1.54) is 0 Å². The minimum absolute atomic E-state index is 0.0417. The lowest BCUT2D eigenvalue weighted by Crippen LogP contribution is -2.46. The lowest BCUT2D eigenvalue weighted by atomic mass is 9.98. The molecular formula is C26H28F2N2O5. The first-order valence-corrected chi connectivity index (χ1v) is 11.7. The van der Waals surface area contributed by atoms with Gasteiger partial charge in [0.25, 0.3) is 5.92 Å². The Hall–Kier alpha value is -3.49. The molecule has 1 saturated carbocycles. The molecule has 9 heteroatoms. The molecule has 7 nitrogen and oxygen atoms in total. The Morgan fingerprint density at radius 1 is 1.06 bits per heavy atom. The quantitative estimate of drug-likeness (QED) is 0.497. The van der Waals surface area contributed by atoms with Crippen LogP contribution in [0.2, 0.25) is 0 Å². The average molecular weight is 487 g/mol. The molecule has 0 heterocycles. The van der Waals surface area contributed by atoms with Crippen LogP contribution in [0.15, 0.2) is 48.5 Å². The van der Waals surface area contributed by atoms with Gasteiger partial charge < -0.3 is 20.5 Å². The fourth-order valence-electron chi connectivity index (χ4n) is 4.77. The van der Waals surface area contributed by atoms with Crippen molar-refractivity contribution in [1.82, 2.24) is 10.6 Å². The average Bonchev–Trinajstić information content (AvgIpc) is 3.25. The van der Waals surface area contributed by atoms with Gasteiger partial charge in [-0.2, -0.15) is 0 Å². The standard InChI is InChI=1S/C26H28F2N2O5/c1-3-14(2)22(24(32)33)30-23(31)21-20(26(21,27)28)12-29-25(34)35-13-19-17-10-6-4-8-15(17)16-9-5-7-11-18(16)19/h4-11,14,19-22H,3,12-13H2,1-2H3,(H,29,34)(H,30,31)(H,32,33)/t14-,20-,21-,22-/m0/s1. The van der Waals surface area contributed by atoms with E-state index in [-0.39, 0.29) is 12.5 Å². The first-order chi connectivity index (χ1) is 16.7. The predicted octanol–water partition coefficient (Wildman–Crippen LogP) is 4.02. The second kappa shape index (κ2) is 9.64. The summed E-state index contributed by atoms with van der Waals surface area (Å²) in [6.45, 7) is 2.96. The van der Waals surface area contributed by atoms with Crippen LogP contribution in [0.4, 0.5) is 13.6 Å². The highest BCUT2D eigenvalue weighted by molar-refractivity contribution is 5.88. The van der Waals surface area contributed by atoms with Gasteiger partial charge >= 0.3 is 12.1 Å². The molecule has 2 aliphatic carbocycles. The maximum atomic E-state index is 14.3. The Labute approximate surface area is 201 Å². The molecule has 0 aromatic heterocycles. The van der Waals surface area contributed by atoms with Gasteiger partial charge in [-0.15, -0.1) is 0 Å². The number of aliphatic carboxylic acids is 1. The first kappa shape index (κ1) is 24.6. The summed E-state index contributed by atoms with van der Waals surface area (Å²) in [5.74, 6) is -9.33. The van der Waals surface area contributed by atoms with Crippen LogP contribution in [0.5, 0.6) is 0 Å². The summed E-state index contributed by atoms with van der Waals surface area (Å²) in [5, 5.41) is 13.8. The Balaban J connectivity index is 1.32. The van der Waals surface area contributed by atoms with Crippen molar-refractivity contribution in [2.45, 2.75) is 38.2 Å². The van der Waals surface area contributed by atoms with Gasteiger partial charge in [0.1, 0.15) is 18.6 Å². The van der Waals surface area contributed by atoms with Crippen molar-refractivity contribution in [3.8, 4) is 11.1 Å². The number of carboxylic acid groups (broad SMARTS) is 1. The monoisotopic (exact) mass is 486 g/mol. The third-order valence-electron chi connectivity index (χ3n) is 7.07. The van der Waals surface area contributed by atoms with E-state index in [0.29, 0.717) is 6.42 Å². The molecule has 0 unspecified atom stereocenters. The van der Waals surface area contributed by atoms with E-state index >= 15 is 0 Å². The molecule has 2 aromatic rings. The molecule has 3 N–H and O–H groups in total. The number of hydrogen-bond acceptors (Lipinski definition) is 4. The highest BCUT2D eigenvalue weighted by Crippen LogP contribution is 2.55. The van der Waals surface area contributed by atoms with Crippen LogP contribution in [0.1, 0.15) is 37.3 Å². The van der Waals surface area contributed by atoms with Crippen LogP contribution in [0.25, 0.3) is 11.1 Å². The Morgan fingerprint density at radius 3 is 2.17 bits per heavy atom. The maximum absolute atomic E-state index is 14.3.